The van der Waals surface area contributed by atoms with Crippen LogP contribution < -0.4 is 10.6 Å². The van der Waals surface area contributed by atoms with E-state index in [0.29, 0.717) is 17.9 Å². The minimum absolute atomic E-state index is 0.411. The highest BCUT2D eigenvalue weighted by Gasteiger charge is 2.09. The molecule has 2 N–H and O–H groups in total. The van der Waals surface area contributed by atoms with Gasteiger partial charge in [-0.3, -0.25) is 9.67 Å². The van der Waals surface area contributed by atoms with Gasteiger partial charge >= 0.3 is 0 Å². The van der Waals surface area contributed by atoms with Gasteiger partial charge in [-0.25, -0.2) is 0 Å². The van der Waals surface area contributed by atoms with Crippen LogP contribution in [0.3, 0.4) is 0 Å². The van der Waals surface area contributed by atoms with Crippen molar-refractivity contribution in [2.24, 2.45) is 16.8 Å². The number of hydrogen-bond donors (Lipinski definition) is 2. The molecule has 1 heterocycles. The minimum atomic E-state index is 0.411. The summed E-state index contributed by atoms with van der Waals surface area (Å²) in [6, 6.07) is 2.36. The van der Waals surface area contributed by atoms with E-state index >= 15 is 0 Å². The number of nitrogens with one attached hydrogen (secondary N) is 2. The molecule has 0 aliphatic heterocycles. The van der Waals surface area contributed by atoms with Crippen molar-refractivity contribution in [2.45, 2.75) is 47.2 Å². The third kappa shape index (κ3) is 6.08. The van der Waals surface area contributed by atoms with Crippen molar-refractivity contribution in [3.8, 4) is 0 Å². The first-order valence-corrected chi connectivity index (χ1v) is 7.55. The number of aromatic nitrogens is 2. The molecule has 0 aromatic carbocycles. The van der Waals surface area contributed by atoms with Gasteiger partial charge in [0.25, 0.3) is 0 Å². The molecule has 0 bridgehead atoms. The third-order valence-corrected chi connectivity index (χ3v) is 3.33. The summed E-state index contributed by atoms with van der Waals surface area (Å²) >= 11 is 0. The van der Waals surface area contributed by atoms with E-state index in [1.807, 2.05) is 23.1 Å². The van der Waals surface area contributed by atoms with Crippen molar-refractivity contribution in [1.82, 2.24) is 20.4 Å². The van der Waals surface area contributed by atoms with Crippen molar-refractivity contribution >= 4 is 5.96 Å². The summed E-state index contributed by atoms with van der Waals surface area (Å²) in [6.45, 7) is 13.5. The molecule has 20 heavy (non-hydrogen) atoms. The van der Waals surface area contributed by atoms with E-state index < -0.39 is 0 Å². The Balaban J connectivity index is 2.48. The fourth-order valence-corrected chi connectivity index (χ4v) is 1.73. The van der Waals surface area contributed by atoms with Crippen LogP contribution in [-0.4, -0.2) is 34.9 Å². The van der Waals surface area contributed by atoms with E-state index in [1.54, 1.807) is 0 Å². The average molecular weight is 279 g/mol. The molecule has 0 spiro atoms. The maximum absolute atomic E-state index is 4.67. The number of nitrogens with zero attached hydrogens (tertiary/aromatic N) is 3. The van der Waals surface area contributed by atoms with Crippen LogP contribution in [0.4, 0.5) is 0 Å². The van der Waals surface area contributed by atoms with Gasteiger partial charge in [0, 0.05) is 38.1 Å². The van der Waals surface area contributed by atoms with Gasteiger partial charge in [-0.15, -0.1) is 0 Å². The van der Waals surface area contributed by atoms with Gasteiger partial charge in [0.15, 0.2) is 5.96 Å². The van der Waals surface area contributed by atoms with Crippen LogP contribution >= 0.6 is 0 Å². The summed E-state index contributed by atoms with van der Waals surface area (Å²) in [5.74, 6) is 1.95. The fraction of sp³-hybridized carbons (Fsp3) is 0.733. The molecular formula is C15H29N5. The predicted molar refractivity (Wildman–Crippen MR) is 84.8 cm³/mol. The Hall–Kier alpha value is -1.52. The van der Waals surface area contributed by atoms with Crippen LogP contribution in [-0.2, 0) is 6.54 Å². The van der Waals surface area contributed by atoms with E-state index in [2.05, 4.69) is 55.3 Å². The summed E-state index contributed by atoms with van der Waals surface area (Å²) in [5, 5.41) is 11.0. The maximum Gasteiger partial charge on any atom is 0.191 e. The Morgan fingerprint density at radius 3 is 2.60 bits per heavy atom. The second-order valence-corrected chi connectivity index (χ2v) is 5.73. The Morgan fingerprint density at radius 1 is 1.30 bits per heavy atom. The molecule has 114 valence electrons. The zero-order valence-electron chi connectivity index (χ0n) is 13.4. The molecule has 5 heteroatoms. The highest BCUT2D eigenvalue weighted by molar-refractivity contribution is 5.80. The quantitative estimate of drug-likeness (QED) is 0.594. The van der Waals surface area contributed by atoms with Crippen LogP contribution in [0.5, 0.6) is 0 Å². The van der Waals surface area contributed by atoms with Crippen molar-refractivity contribution in [3.05, 3.63) is 18.5 Å². The lowest BCUT2D eigenvalue weighted by Gasteiger charge is -2.21. The summed E-state index contributed by atoms with van der Waals surface area (Å²) < 4.78 is 1.96. The molecule has 0 aliphatic rings. The van der Waals surface area contributed by atoms with Crippen molar-refractivity contribution in [2.75, 3.05) is 13.1 Å². The molecule has 0 saturated heterocycles. The molecule has 5 nitrogen and oxygen atoms in total. The fourth-order valence-electron chi connectivity index (χ4n) is 1.73. The zero-order chi connectivity index (χ0) is 15.0. The van der Waals surface area contributed by atoms with E-state index in [4.69, 9.17) is 0 Å². The average Bonchev–Trinajstić information content (AvgIpc) is 2.88. The van der Waals surface area contributed by atoms with Crippen molar-refractivity contribution in [3.63, 3.8) is 0 Å². The molecule has 1 aromatic heterocycles. The summed E-state index contributed by atoms with van der Waals surface area (Å²) in [4.78, 5) is 4.67. The van der Waals surface area contributed by atoms with Crippen LogP contribution in [0, 0.1) is 11.8 Å². The van der Waals surface area contributed by atoms with Gasteiger partial charge in [0.1, 0.15) is 0 Å². The Kier molecular flexibility index (Phi) is 7.12. The van der Waals surface area contributed by atoms with Crippen molar-refractivity contribution < 1.29 is 0 Å². The molecular weight excluding hydrogens is 250 g/mol. The van der Waals surface area contributed by atoms with Gasteiger partial charge in [-0.2, -0.15) is 5.10 Å². The van der Waals surface area contributed by atoms with Gasteiger partial charge in [0.05, 0.1) is 0 Å². The van der Waals surface area contributed by atoms with E-state index in [0.717, 1.165) is 25.6 Å². The smallest absolute Gasteiger partial charge is 0.191 e. The minimum Gasteiger partial charge on any atom is -0.357 e. The molecule has 2 unspecified atom stereocenters. The lowest BCUT2D eigenvalue weighted by molar-refractivity contribution is 0.453. The van der Waals surface area contributed by atoms with E-state index in [-0.39, 0.29) is 0 Å². The summed E-state index contributed by atoms with van der Waals surface area (Å²) in [6.07, 6.45) is 3.80. The first-order chi connectivity index (χ1) is 9.52. The zero-order valence-corrected chi connectivity index (χ0v) is 13.4. The topological polar surface area (TPSA) is 54.2 Å². The van der Waals surface area contributed by atoms with Crippen LogP contribution in [0.2, 0.25) is 0 Å². The number of rotatable bonds is 7. The second-order valence-electron chi connectivity index (χ2n) is 5.73. The third-order valence-electron chi connectivity index (χ3n) is 3.33. The maximum atomic E-state index is 4.67. The molecule has 0 radical (unpaired) electrons. The molecule has 0 amide bonds. The van der Waals surface area contributed by atoms with Crippen molar-refractivity contribution in [1.29, 1.82) is 0 Å². The molecule has 1 rings (SSSR count). The summed E-state index contributed by atoms with van der Waals surface area (Å²) in [7, 11) is 0. The first-order valence-electron chi connectivity index (χ1n) is 7.55. The standard InChI is InChI=1S/C15H29N5/c1-6-16-15(19-14(5)12(2)3)17-10-13(4)11-20-9-7-8-18-20/h7-9,12-14H,6,10-11H2,1-5H3,(H2,16,17,19). The van der Waals surface area contributed by atoms with Gasteiger partial charge in [0.2, 0.25) is 0 Å². The second kappa shape index (κ2) is 8.61. The lowest BCUT2D eigenvalue weighted by atomic mass is 10.1. The molecule has 2 atom stereocenters. The van der Waals surface area contributed by atoms with E-state index in [9.17, 15) is 0 Å². The monoisotopic (exact) mass is 279 g/mol. The van der Waals surface area contributed by atoms with Gasteiger partial charge in [-0.1, -0.05) is 20.8 Å². The number of guanidine groups is 1. The molecule has 0 saturated carbocycles. The van der Waals surface area contributed by atoms with E-state index in [1.165, 1.54) is 0 Å². The normalized spacial score (nSPS) is 15.2. The van der Waals surface area contributed by atoms with Gasteiger partial charge in [-0.05, 0) is 31.7 Å². The Bertz CT molecular complexity index is 383. The van der Waals surface area contributed by atoms with Gasteiger partial charge < -0.3 is 10.6 Å². The predicted octanol–water partition coefficient (Wildman–Crippen LogP) is 2.12. The lowest BCUT2D eigenvalue weighted by Crippen LogP contribution is -2.44. The SMILES string of the molecule is CCNC(=NCC(C)Cn1cccn1)NC(C)C(C)C. The highest BCUT2D eigenvalue weighted by atomic mass is 15.3. The first kappa shape index (κ1) is 16.5. The number of aliphatic imine (C=N–C) groups is 1. The van der Waals surface area contributed by atoms with Crippen LogP contribution in [0.15, 0.2) is 23.5 Å². The largest absolute Gasteiger partial charge is 0.357 e. The van der Waals surface area contributed by atoms with Crippen LogP contribution in [0.1, 0.15) is 34.6 Å². The molecule has 0 fully saturated rings. The highest BCUT2D eigenvalue weighted by Crippen LogP contribution is 2.02. The Morgan fingerprint density at radius 2 is 2.05 bits per heavy atom. The Labute approximate surface area is 122 Å². The number of hydrogen-bond acceptors (Lipinski definition) is 2. The molecule has 0 aliphatic carbocycles. The summed E-state index contributed by atoms with van der Waals surface area (Å²) in [5.41, 5.74) is 0. The van der Waals surface area contributed by atoms with Crippen LogP contribution in [0.25, 0.3) is 0 Å². The molecule has 1 aromatic rings.